The number of H-pyrrole nitrogens is 1. The van der Waals surface area contributed by atoms with E-state index in [9.17, 15) is 4.79 Å². The van der Waals surface area contributed by atoms with Crippen molar-refractivity contribution in [2.45, 2.75) is 116 Å². The Morgan fingerprint density at radius 1 is 1.17 bits per heavy atom. The summed E-state index contributed by atoms with van der Waals surface area (Å²) in [6.07, 6.45) is 10.6. The number of nitrogens with one attached hydrogen (secondary N) is 1. The molecule has 2 aliphatic carbocycles. The molecule has 0 aromatic carbocycles. The second kappa shape index (κ2) is 9.18. The van der Waals surface area contributed by atoms with Gasteiger partial charge in [-0.25, -0.2) is 0 Å². The van der Waals surface area contributed by atoms with Crippen molar-refractivity contribution in [1.82, 2.24) is 9.88 Å². The lowest BCUT2D eigenvalue weighted by atomic mass is 9.72. The zero-order chi connectivity index (χ0) is 26.0. The quantitative estimate of drug-likeness (QED) is 0.524. The number of nitrogens with two attached hydrogens (primary N) is 1. The largest absolute Gasteiger partial charge is 0.490 e. The van der Waals surface area contributed by atoms with Crippen molar-refractivity contribution in [2.75, 3.05) is 0 Å². The Bertz CT molecular complexity index is 1070. The van der Waals surface area contributed by atoms with Crippen LogP contribution in [0.25, 0.3) is 5.57 Å². The van der Waals surface area contributed by atoms with E-state index < -0.39 is 6.04 Å². The van der Waals surface area contributed by atoms with Gasteiger partial charge in [-0.2, -0.15) is 0 Å². The van der Waals surface area contributed by atoms with E-state index in [0.29, 0.717) is 12.0 Å². The third-order valence-electron chi connectivity index (χ3n) is 9.54. The number of likely N-dealkylation sites (tertiary alicyclic amines) is 1. The summed E-state index contributed by atoms with van der Waals surface area (Å²) in [5.41, 5.74) is 11.9. The first kappa shape index (κ1) is 25.8. The molecule has 4 aliphatic rings. The number of nitrogens with zero attached hydrogens (tertiary/aromatic N) is 1. The van der Waals surface area contributed by atoms with Gasteiger partial charge in [0.15, 0.2) is 0 Å². The lowest BCUT2D eigenvalue weighted by Crippen LogP contribution is -2.50. The lowest BCUT2D eigenvalue weighted by Gasteiger charge is -2.37. The SMILES string of the molecule is CCc1cc(C2=CC=C(B3OC(C)(C)C(C)(C)O3)CC2)[nH]c1C1C2CCC(C2)N1C(=O)C(N)C(C)C. The maximum atomic E-state index is 13.5. The number of carbonyl (C=O) groups excluding carboxylic acids is 1. The average Bonchev–Trinajstić information content (AvgIpc) is 3.59. The van der Waals surface area contributed by atoms with Crippen LogP contribution in [-0.2, 0) is 20.5 Å². The van der Waals surface area contributed by atoms with Crippen molar-refractivity contribution >= 4 is 18.6 Å². The monoisotopic (exact) mass is 493 g/mol. The normalized spacial score (nSPS) is 29.6. The number of allylic oxidation sites excluding steroid dienone is 4. The molecule has 7 heteroatoms. The zero-order valence-electron chi connectivity index (χ0n) is 23.2. The Hall–Kier alpha value is -1.83. The van der Waals surface area contributed by atoms with Crippen molar-refractivity contribution in [2.24, 2.45) is 17.6 Å². The first-order valence-electron chi connectivity index (χ1n) is 14.0. The van der Waals surface area contributed by atoms with Gasteiger partial charge in [0.05, 0.1) is 23.3 Å². The van der Waals surface area contributed by atoms with Gasteiger partial charge in [-0.3, -0.25) is 4.79 Å². The Kier molecular flexibility index (Phi) is 6.58. The van der Waals surface area contributed by atoms with Crippen LogP contribution >= 0.6 is 0 Å². The van der Waals surface area contributed by atoms with E-state index in [0.717, 1.165) is 32.1 Å². The van der Waals surface area contributed by atoms with Crippen molar-refractivity contribution in [3.63, 3.8) is 0 Å². The Morgan fingerprint density at radius 3 is 2.44 bits per heavy atom. The summed E-state index contributed by atoms with van der Waals surface area (Å²) in [5, 5.41) is 0. The molecule has 4 atom stereocenters. The molecular formula is C29H44BN3O3. The van der Waals surface area contributed by atoms with Gasteiger partial charge in [-0.15, -0.1) is 0 Å². The van der Waals surface area contributed by atoms with E-state index in [2.05, 4.69) is 62.7 Å². The van der Waals surface area contributed by atoms with Crippen LogP contribution in [0.3, 0.4) is 0 Å². The fourth-order valence-electron chi connectivity index (χ4n) is 6.45. The van der Waals surface area contributed by atoms with Gasteiger partial charge in [-0.1, -0.05) is 32.9 Å². The van der Waals surface area contributed by atoms with E-state index in [1.54, 1.807) is 0 Å². The minimum Gasteiger partial charge on any atom is -0.400 e. The van der Waals surface area contributed by atoms with E-state index in [1.807, 2.05) is 13.8 Å². The van der Waals surface area contributed by atoms with Gasteiger partial charge < -0.3 is 24.9 Å². The highest BCUT2D eigenvalue weighted by Crippen LogP contribution is 2.51. The standard InChI is InChI=1S/C29H44BN3O3/c1-8-18-16-23(19-9-12-21(13-10-19)30-35-28(4,5)29(6,7)36-30)32-25(18)26-20-11-14-22(15-20)33(26)27(34)24(31)17(2)3/h9,12,16-17,20,22,24,26,32H,8,10-11,13-15,31H2,1-7H3. The molecule has 4 unspecified atom stereocenters. The molecule has 3 fully saturated rings. The molecule has 2 bridgehead atoms. The van der Waals surface area contributed by atoms with Crippen molar-refractivity contribution in [1.29, 1.82) is 0 Å². The van der Waals surface area contributed by atoms with Gasteiger partial charge in [0.1, 0.15) is 0 Å². The molecule has 1 aromatic rings. The lowest BCUT2D eigenvalue weighted by molar-refractivity contribution is -0.138. The Balaban J connectivity index is 1.41. The molecule has 5 rings (SSSR count). The van der Waals surface area contributed by atoms with Gasteiger partial charge in [0.25, 0.3) is 0 Å². The maximum absolute atomic E-state index is 13.5. The number of aryl methyl sites for hydroxylation is 1. The van der Waals surface area contributed by atoms with Crippen LogP contribution in [0.4, 0.5) is 0 Å². The number of hydrogen-bond acceptors (Lipinski definition) is 4. The summed E-state index contributed by atoms with van der Waals surface area (Å²) in [4.78, 5) is 19.4. The van der Waals surface area contributed by atoms with Crippen molar-refractivity contribution in [3.8, 4) is 0 Å². The number of amides is 1. The molecule has 1 amide bonds. The summed E-state index contributed by atoms with van der Waals surface area (Å²) in [6.45, 7) is 14.7. The molecule has 196 valence electrons. The molecule has 36 heavy (non-hydrogen) atoms. The van der Waals surface area contributed by atoms with Crippen LogP contribution in [-0.4, -0.2) is 46.2 Å². The van der Waals surface area contributed by atoms with E-state index in [4.69, 9.17) is 15.0 Å². The molecule has 2 aliphatic heterocycles. The Labute approximate surface area is 217 Å². The highest BCUT2D eigenvalue weighted by Gasteiger charge is 2.53. The second-order valence-corrected chi connectivity index (χ2v) is 12.7. The number of aromatic nitrogens is 1. The average molecular weight is 494 g/mol. The number of fused-ring (bicyclic) bond motifs is 2. The molecule has 3 N–H and O–H groups in total. The van der Waals surface area contributed by atoms with Crippen LogP contribution in [0.2, 0.25) is 0 Å². The Morgan fingerprint density at radius 2 is 1.86 bits per heavy atom. The summed E-state index contributed by atoms with van der Waals surface area (Å²) in [6, 6.07) is 2.31. The summed E-state index contributed by atoms with van der Waals surface area (Å²) in [7, 11) is -0.281. The van der Waals surface area contributed by atoms with Gasteiger partial charge in [-0.05, 0) is 101 Å². The molecule has 0 spiro atoms. The van der Waals surface area contributed by atoms with Crippen LogP contribution in [0.1, 0.15) is 104 Å². The molecule has 3 heterocycles. The summed E-state index contributed by atoms with van der Waals surface area (Å²) >= 11 is 0. The smallest absolute Gasteiger partial charge is 0.400 e. The molecule has 2 saturated heterocycles. The topological polar surface area (TPSA) is 80.6 Å². The predicted octanol–water partition coefficient (Wildman–Crippen LogP) is 5.35. The third-order valence-corrected chi connectivity index (χ3v) is 9.54. The molecular weight excluding hydrogens is 449 g/mol. The number of hydrogen-bond donors (Lipinski definition) is 2. The first-order chi connectivity index (χ1) is 16.9. The van der Waals surface area contributed by atoms with Gasteiger partial charge in [0.2, 0.25) is 5.91 Å². The maximum Gasteiger partial charge on any atom is 0.490 e. The van der Waals surface area contributed by atoms with Gasteiger partial charge in [0, 0.05) is 17.4 Å². The summed E-state index contributed by atoms with van der Waals surface area (Å²) < 4.78 is 12.6. The second-order valence-electron chi connectivity index (χ2n) is 12.7. The molecule has 1 saturated carbocycles. The minimum absolute atomic E-state index is 0.116. The zero-order valence-corrected chi connectivity index (χ0v) is 23.2. The van der Waals surface area contributed by atoms with Crippen LogP contribution < -0.4 is 5.73 Å². The highest BCUT2D eigenvalue weighted by molar-refractivity contribution is 6.54. The number of rotatable bonds is 6. The predicted molar refractivity (Wildman–Crippen MR) is 145 cm³/mol. The highest BCUT2D eigenvalue weighted by atomic mass is 16.7. The third kappa shape index (κ3) is 4.21. The fraction of sp³-hybridized carbons (Fsp3) is 0.690. The molecule has 1 aromatic heterocycles. The van der Waals surface area contributed by atoms with Crippen molar-refractivity contribution in [3.05, 3.63) is 40.6 Å². The minimum atomic E-state index is -0.439. The number of carbonyl (C=O) groups is 1. The van der Waals surface area contributed by atoms with Gasteiger partial charge >= 0.3 is 7.12 Å². The molecule has 0 radical (unpaired) electrons. The van der Waals surface area contributed by atoms with Crippen LogP contribution in [0.15, 0.2) is 23.7 Å². The fourth-order valence-corrected chi connectivity index (χ4v) is 6.45. The van der Waals surface area contributed by atoms with E-state index in [-0.39, 0.29) is 36.2 Å². The van der Waals surface area contributed by atoms with E-state index >= 15 is 0 Å². The summed E-state index contributed by atoms with van der Waals surface area (Å²) in [5.74, 6) is 0.775. The van der Waals surface area contributed by atoms with E-state index in [1.165, 1.54) is 34.4 Å². The van der Waals surface area contributed by atoms with Crippen molar-refractivity contribution < 1.29 is 14.1 Å². The molecule has 6 nitrogen and oxygen atoms in total. The first-order valence-corrected chi connectivity index (χ1v) is 14.0. The number of piperidine rings is 1. The van der Waals surface area contributed by atoms with Crippen LogP contribution in [0, 0.1) is 11.8 Å². The number of aromatic amines is 1. The van der Waals surface area contributed by atoms with Crippen LogP contribution in [0.5, 0.6) is 0 Å².